The zero-order chi connectivity index (χ0) is 12.2. The van der Waals surface area contributed by atoms with Gasteiger partial charge in [-0.15, -0.1) is 0 Å². The highest BCUT2D eigenvalue weighted by atomic mass is 16.5. The Labute approximate surface area is 96.1 Å². The number of para-hydroxylation sites is 1. The van der Waals surface area contributed by atoms with Crippen LogP contribution in [0.1, 0.15) is 27.2 Å². The smallest absolute Gasteiger partial charge is 0.313 e. The van der Waals surface area contributed by atoms with Crippen LogP contribution in [0.2, 0.25) is 0 Å². The maximum Gasteiger partial charge on any atom is 0.313 e. The topological polar surface area (TPSA) is 46.5 Å². The first-order valence-electron chi connectivity index (χ1n) is 5.33. The van der Waals surface area contributed by atoms with Crippen LogP contribution >= 0.6 is 0 Å². The number of aliphatic hydroxyl groups is 1. The van der Waals surface area contributed by atoms with Gasteiger partial charge >= 0.3 is 5.97 Å². The van der Waals surface area contributed by atoms with Crippen LogP contribution in [0.25, 0.3) is 0 Å². The molecular formula is C13H18O3. The fourth-order valence-electron chi connectivity index (χ4n) is 1.13. The second-order valence-corrected chi connectivity index (χ2v) is 4.87. The molecule has 1 N–H and O–H groups in total. The Kier molecular flexibility index (Phi) is 4.07. The van der Waals surface area contributed by atoms with Crippen LogP contribution in [-0.4, -0.2) is 17.2 Å². The van der Waals surface area contributed by atoms with Crippen LogP contribution in [0.4, 0.5) is 0 Å². The second kappa shape index (κ2) is 5.12. The molecule has 3 heteroatoms. The minimum atomic E-state index is -0.691. The lowest BCUT2D eigenvalue weighted by Crippen LogP contribution is -2.30. The second-order valence-electron chi connectivity index (χ2n) is 4.87. The predicted molar refractivity (Wildman–Crippen MR) is 62.2 cm³/mol. The molecule has 1 aromatic carbocycles. The highest BCUT2D eigenvalue weighted by molar-refractivity contribution is 5.72. The molecule has 0 fully saturated rings. The SMILES string of the molecule is CC(C)(C)[C@@H](O)CC(=O)Oc1ccccc1. The lowest BCUT2D eigenvalue weighted by atomic mass is 9.87. The third-order valence-corrected chi connectivity index (χ3v) is 2.33. The molecule has 0 aromatic heterocycles. The van der Waals surface area contributed by atoms with E-state index in [-0.39, 0.29) is 11.8 Å². The van der Waals surface area contributed by atoms with E-state index in [4.69, 9.17) is 4.74 Å². The van der Waals surface area contributed by atoms with Crippen molar-refractivity contribution in [2.45, 2.75) is 33.3 Å². The molecule has 0 saturated heterocycles. The van der Waals surface area contributed by atoms with Crippen molar-refractivity contribution in [1.82, 2.24) is 0 Å². The molecule has 3 nitrogen and oxygen atoms in total. The Hall–Kier alpha value is -1.35. The maximum absolute atomic E-state index is 11.5. The molecule has 0 aliphatic carbocycles. The van der Waals surface area contributed by atoms with E-state index >= 15 is 0 Å². The van der Waals surface area contributed by atoms with Crippen molar-refractivity contribution in [2.75, 3.05) is 0 Å². The highest BCUT2D eigenvalue weighted by Gasteiger charge is 2.25. The summed E-state index contributed by atoms with van der Waals surface area (Å²) in [4.78, 5) is 11.5. The summed E-state index contributed by atoms with van der Waals surface area (Å²) in [7, 11) is 0. The molecule has 0 bridgehead atoms. The minimum absolute atomic E-state index is 0.0123. The monoisotopic (exact) mass is 222 g/mol. The molecule has 0 spiro atoms. The third kappa shape index (κ3) is 4.03. The van der Waals surface area contributed by atoms with Crippen LogP contribution in [0.15, 0.2) is 30.3 Å². The number of carbonyl (C=O) groups excluding carboxylic acids is 1. The number of aliphatic hydroxyl groups excluding tert-OH is 1. The molecule has 1 aromatic rings. The van der Waals surface area contributed by atoms with Crippen molar-refractivity contribution in [3.8, 4) is 5.75 Å². The number of hydrogen-bond acceptors (Lipinski definition) is 3. The number of rotatable bonds is 3. The zero-order valence-corrected chi connectivity index (χ0v) is 9.93. The van der Waals surface area contributed by atoms with E-state index in [2.05, 4.69) is 0 Å². The normalized spacial score (nSPS) is 13.2. The van der Waals surface area contributed by atoms with Crippen molar-refractivity contribution in [1.29, 1.82) is 0 Å². The molecule has 0 amide bonds. The van der Waals surface area contributed by atoms with Gasteiger partial charge in [0.2, 0.25) is 0 Å². The number of hydrogen-bond donors (Lipinski definition) is 1. The average molecular weight is 222 g/mol. The van der Waals surface area contributed by atoms with Gasteiger partial charge in [0.1, 0.15) is 5.75 Å². The van der Waals surface area contributed by atoms with E-state index in [9.17, 15) is 9.90 Å². The maximum atomic E-state index is 11.5. The summed E-state index contributed by atoms with van der Waals surface area (Å²) in [6.45, 7) is 5.65. The van der Waals surface area contributed by atoms with Crippen molar-refractivity contribution in [2.24, 2.45) is 5.41 Å². The van der Waals surface area contributed by atoms with Crippen molar-refractivity contribution < 1.29 is 14.6 Å². The third-order valence-electron chi connectivity index (χ3n) is 2.33. The van der Waals surface area contributed by atoms with Crippen LogP contribution in [-0.2, 0) is 4.79 Å². The molecule has 1 rings (SSSR count). The van der Waals surface area contributed by atoms with Crippen molar-refractivity contribution >= 4 is 5.97 Å². The fourth-order valence-corrected chi connectivity index (χ4v) is 1.13. The van der Waals surface area contributed by atoms with Crippen molar-refractivity contribution in [3.63, 3.8) is 0 Å². The molecule has 0 aliphatic rings. The largest absolute Gasteiger partial charge is 0.426 e. The fraction of sp³-hybridized carbons (Fsp3) is 0.462. The Morgan fingerprint density at radius 1 is 1.31 bits per heavy atom. The molecule has 0 aliphatic heterocycles. The number of benzene rings is 1. The summed E-state index contributed by atoms with van der Waals surface area (Å²) >= 11 is 0. The van der Waals surface area contributed by atoms with Gasteiger partial charge < -0.3 is 9.84 Å². The summed E-state index contributed by atoms with van der Waals surface area (Å²) in [5.74, 6) is 0.0993. The summed E-state index contributed by atoms with van der Waals surface area (Å²) < 4.78 is 5.08. The van der Waals surface area contributed by atoms with Crippen molar-refractivity contribution in [3.05, 3.63) is 30.3 Å². The Morgan fingerprint density at radius 3 is 2.38 bits per heavy atom. The molecule has 88 valence electrons. The van der Waals surface area contributed by atoms with Gasteiger partial charge in [-0.05, 0) is 17.5 Å². The number of carbonyl (C=O) groups is 1. The van der Waals surface area contributed by atoms with E-state index in [0.29, 0.717) is 5.75 Å². The first-order valence-corrected chi connectivity index (χ1v) is 5.33. The van der Waals surface area contributed by atoms with Crippen LogP contribution in [0, 0.1) is 5.41 Å². The van der Waals surface area contributed by atoms with Crippen LogP contribution in [0.3, 0.4) is 0 Å². The van der Waals surface area contributed by atoms with Gasteiger partial charge in [0, 0.05) is 0 Å². The highest BCUT2D eigenvalue weighted by Crippen LogP contribution is 2.22. The summed E-state index contributed by atoms with van der Waals surface area (Å²) in [6.07, 6.45) is -0.679. The summed E-state index contributed by atoms with van der Waals surface area (Å²) in [5, 5.41) is 9.73. The lowest BCUT2D eigenvalue weighted by molar-refractivity contribution is -0.138. The predicted octanol–water partition coefficient (Wildman–Crippen LogP) is 2.39. The van der Waals surface area contributed by atoms with Gasteiger partial charge in [-0.3, -0.25) is 4.79 Å². The molecule has 1 atom stereocenters. The minimum Gasteiger partial charge on any atom is -0.426 e. The molecular weight excluding hydrogens is 204 g/mol. The van der Waals surface area contributed by atoms with Gasteiger partial charge in [0.25, 0.3) is 0 Å². The Balaban J connectivity index is 2.49. The zero-order valence-electron chi connectivity index (χ0n) is 9.93. The van der Waals surface area contributed by atoms with Gasteiger partial charge in [-0.1, -0.05) is 39.0 Å². The lowest BCUT2D eigenvalue weighted by Gasteiger charge is -2.24. The average Bonchev–Trinajstić information content (AvgIpc) is 2.17. The quantitative estimate of drug-likeness (QED) is 0.631. The van der Waals surface area contributed by atoms with E-state index in [0.717, 1.165) is 0 Å². The molecule has 16 heavy (non-hydrogen) atoms. The van der Waals surface area contributed by atoms with E-state index in [1.54, 1.807) is 24.3 Å². The molecule has 0 radical (unpaired) electrons. The van der Waals surface area contributed by atoms with Crippen LogP contribution in [0.5, 0.6) is 5.75 Å². The van der Waals surface area contributed by atoms with E-state index in [1.807, 2.05) is 26.8 Å². The summed E-state index contributed by atoms with van der Waals surface area (Å²) in [6, 6.07) is 8.86. The Bertz CT molecular complexity index is 338. The molecule has 0 unspecified atom stereocenters. The van der Waals surface area contributed by atoms with E-state index < -0.39 is 12.1 Å². The van der Waals surface area contributed by atoms with Gasteiger partial charge in [-0.25, -0.2) is 0 Å². The van der Waals surface area contributed by atoms with Crippen LogP contribution < -0.4 is 4.74 Å². The van der Waals surface area contributed by atoms with Gasteiger partial charge in [0.15, 0.2) is 0 Å². The number of ether oxygens (including phenoxy) is 1. The first kappa shape index (κ1) is 12.7. The van der Waals surface area contributed by atoms with E-state index in [1.165, 1.54) is 0 Å². The molecule has 0 heterocycles. The van der Waals surface area contributed by atoms with Gasteiger partial charge in [0.05, 0.1) is 12.5 Å². The standard InChI is InChI=1S/C13H18O3/c1-13(2,3)11(14)9-12(15)16-10-7-5-4-6-8-10/h4-8,11,14H,9H2,1-3H3/t11-/m0/s1. The Morgan fingerprint density at radius 2 is 1.88 bits per heavy atom. The van der Waals surface area contributed by atoms with Gasteiger partial charge in [-0.2, -0.15) is 0 Å². The summed E-state index contributed by atoms with van der Waals surface area (Å²) in [5.41, 5.74) is -0.310. The molecule has 0 saturated carbocycles. The number of esters is 1. The first-order chi connectivity index (χ1) is 7.39.